The maximum Gasteiger partial charge on any atom is 0.218 e. The second kappa shape index (κ2) is 8.66. The quantitative estimate of drug-likeness (QED) is 0.596. The van der Waals surface area contributed by atoms with Crippen LogP contribution in [0.2, 0.25) is 0 Å². The number of aryl methyl sites for hydroxylation is 1. The van der Waals surface area contributed by atoms with Crippen molar-refractivity contribution in [1.82, 2.24) is 4.90 Å². The Hall–Kier alpha value is -1.85. The van der Waals surface area contributed by atoms with Gasteiger partial charge in [0.25, 0.3) is 0 Å². The number of nitrogens with two attached hydrogens (primary N) is 1. The molecule has 28 heavy (non-hydrogen) atoms. The van der Waals surface area contributed by atoms with Gasteiger partial charge < -0.3 is 15.9 Å². The molecule has 1 aromatic rings. The summed E-state index contributed by atoms with van der Waals surface area (Å²) in [4.78, 5) is 14.5. The highest BCUT2D eigenvalue weighted by Gasteiger charge is 2.58. The first kappa shape index (κ1) is 22.4. The van der Waals surface area contributed by atoms with Gasteiger partial charge in [-0.2, -0.15) is 0 Å². The van der Waals surface area contributed by atoms with E-state index in [1.54, 1.807) is 12.1 Å². The summed E-state index contributed by atoms with van der Waals surface area (Å²) in [7, 11) is 0. The average molecular weight is 389 g/mol. The molecule has 2 rings (SSSR count). The van der Waals surface area contributed by atoms with Crippen LogP contribution in [-0.4, -0.2) is 45.8 Å². The normalized spacial score (nSPS) is 28.2. The lowest BCUT2D eigenvalue weighted by molar-refractivity contribution is -0.149. The summed E-state index contributed by atoms with van der Waals surface area (Å²) in [6.07, 6.45) is 2.89. The fourth-order valence-corrected chi connectivity index (χ4v) is 5.04. The fraction of sp³-hybridized carbons (Fsp3) is 0.609. The van der Waals surface area contributed by atoms with Gasteiger partial charge >= 0.3 is 0 Å². The first-order valence-electron chi connectivity index (χ1n) is 10.3. The molecule has 1 amide bonds. The van der Waals surface area contributed by atoms with Crippen molar-refractivity contribution in [3.05, 3.63) is 41.5 Å². The van der Waals surface area contributed by atoms with Crippen molar-refractivity contribution in [3.63, 3.8) is 0 Å². The SMILES string of the molecule is C=C(C)CCN1CCC(CC(N)=O)(c2cc(O)ccc2C)C(O)(CCC)C1C. The van der Waals surface area contributed by atoms with Crippen LogP contribution in [0.4, 0.5) is 0 Å². The molecular formula is C23H36N2O3. The number of phenols is 1. The number of likely N-dealkylation sites (tertiary alicyclic amines) is 1. The second-order valence-electron chi connectivity index (χ2n) is 8.57. The molecule has 5 heteroatoms. The summed E-state index contributed by atoms with van der Waals surface area (Å²) in [5.41, 5.74) is 6.63. The van der Waals surface area contributed by atoms with Crippen LogP contribution in [-0.2, 0) is 10.2 Å². The summed E-state index contributed by atoms with van der Waals surface area (Å²) < 4.78 is 0. The van der Waals surface area contributed by atoms with Crippen LogP contribution < -0.4 is 5.73 Å². The smallest absolute Gasteiger partial charge is 0.218 e. The van der Waals surface area contributed by atoms with Gasteiger partial charge in [-0.3, -0.25) is 9.69 Å². The van der Waals surface area contributed by atoms with Crippen molar-refractivity contribution in [2.75, 3.05) is 13.1 Å². The molecule has 4 N–H and O–H groups in total. The van der Waals surface area contributed by atoms with Gasteiger partial charge in [0.15, 0.2) is 0 Å². The Morgan fingerprint density at radius 1 is 1.43 bits per heavy atom. The molecule has 1 saturated heterocycles. The lowest BCUT2D eigenvalue weighted by Gasteiger charge is -2.58. The molecule has 156 valence electrons. The van der Waals surface area contributed by atoms with E-state index in [1.165, 1.54) is 0 Å². The number of aromatic hydroxyl groups is 1. The zero-order valence-electron chi connectivity index (χ0n) is 17.8. The van der Waals surface area contributed by atoms with Crippen LogP contribution in [0.15, 0.2) is 30.4 Å². The Balaban J connectivity index is 2.61. The number of phenolic OH excluding ortho intramolecular Hbond substituents is 1. The number of nitrogens with zero attached hydrogens (tertiary/aromatic N) is 1. The van der Waals surface area contributed by atoms with Crippen LogP contribution in [0.25, 0.3) is 0 Å². The Labute approximate surface area is 169 Å². The summed E-state index contributed by atoms with van der Waals surface area (Å²) >= 11 is 0. The molecule has 5 nitrogen and oxygen atoms in total. The van der Waals surface area contributed by atoms with Gasteiger partial charge in [-0.1, -0.05) is 25.0 Å². The third-order valence-electron chi connectivity index (χ3n) is 6.56. The van der Waals surface area contributed by atoms with E-state index in [1.807, 2.05) is 33.8 Å². The van der Waals surface area contributed by atoms with Crippen molar-refractivity contribution < 1.29 is 15.0 Å². The van der Waals surface area contributed by atoms with Gasteiger partial charge in [0, 0.05) is 24.4 Å². The lowest BCUT2D eigenvalue weighted by atomic mass is 9.56. The predicted octanol–water partition coefficient (Wildman–Crippen LogP) is 3.41. The topological polar surface area (TPSA) is 86.8 Å². The van der Waals surface area contributed by atoms with E-state index >= 15 is 0 Å². The molecule has 1 fully saturated rings. The number of amides is 1. The van der Waals surface area contributed by atoms with Crippen LogP contribution >= 0.6 is 0 Å². The molecule has 1 heterocycles. The van der Waals surface area contributed by atoms with Crippen LogP contribution in [0, 0.1) is 6.92 Å². The Morgan fingerprint density at radius 2 is 2.11 bits per heavy atom. The number of piperidine rings is 1. The first-order valence-corrected chi connectivity index (χ1v) is 10.3. The number of carbonyl (C=O) groups is 1. The highest BCUT2D eigenvalue weighted by Crippen LogP contribution is 2.51. The monoisotopic (exact) mass is 388 g/mol. The van der Waals surface area contributed by atoms with Gasteiger partial charge in [-0.25, -0.2) is 0 Å². The van der Waals surface area contributed by atoms with Gasteiger partial charge in [-0.15, -0.1) is 6.58 Å². The predicted molar refractivity (Wildman–Crippen MR) is 113 cm³/mol. The van der Waals surface area contributed by atoms with Crippen molar-refractivity contribution in [3.8, 4) is 5.75 Å². The van der Waals surface area contributed by atoms with Gasteiger partial charge in [-0.05, 0) is 69.8 Å². The lowest BCUT2D eigenvalue weighted by Crippen LogP contribution is -2.68. The van der Waals surface area contributed by atoms with E-state index in [4.69, 9.17) is 5.73 Å². The molecule has 1 aliphatic rings. The van der Waals surface area contributed by atoms with Crippen molar-refractivity contribution in [2.45, 2.75) is 76.9 Å². The van der Waals surface area contributed by atoms with Crippen LogP contribution in [0.1, 0.15) is 64.0 Å². The molecule has 0 bridgehead atoms. The molecule has 0 aromatic heterocycles. The minimum absolute atomic E-state index is 0.0620. The minimum atomic E-state index is -1.14. The third-order valence-corrected chi connectivity index (χ3v) is 6.56. The molecule has 3 unspecified atom stereocenters. The average Bonchev–Trinajstić information content (AvgIpc) is 2.60. The van der Waals surface area contributed by atoms with Gasteiger partial charge in [0.2, 0.25) is 5.91 Å². The van der Waals surface area contributed by atoms with Crippen LogP contribution in [0.3, 0.4) is 0 Å². The molecule has 0 aliphatic carbocycles. The summed E-state index contributed by atoms with van der Waals surface area (Å²) in [5.74, 6) is -0.291. The third kappa shape index (κ3) is 4.11. The van der Waals surface area contributed by atoms with E-state index in [0.29, 0.717) is 12.8 Å². The number of aliphatic hydroxyl groups is 1. The van der Waals surface area contributed by atoms with Crippen molar-refractivity contribution >= 4 is 5.91 Å². The Bertz CT molecular complexity index is 733. The van der Waals surface area contributed by atoms with E-state index in [9.17, 15) is 15.0 Å². The fourth-order valence-electron chi connectivity index (χ4n) is 5.04. The highest BCUT2D eigenvalue weighted by atomic mass is 16.3. The maximum atomic E-state index is 12.2. The highest BCUT2D eigenvalue weighted by molar-refractivity contribution is 5.76. The zero-order valence-corrected chi connectivity index (χ0v) is 17.8. The summed E-state index contributed by atoms with van der Waals surface area (Å²) in [6.45, 7) is 13.6. The summed E-state index contributed by atoms with van der Waals surface area (Å²) in [6, 6.07) is 5.04. The minimum Gasteiger partial charge on any atom is -0.508 e. The van der Waals surface area contributed by atoms with Crippen molar-refractivity contribution in [2.24, 2.45) is 5.73 Å². The molecule has 0 radical (unpaired) electrons. The molecule has 0 spiro atoms. The molecule has 3 atom stereocenters. The Morgan fingerprint density at radius 3 is 2.68 bits per heavy atom. The van der Waals surface area contributed by atoms with Gasteiger partial charge in [0.1, 0.15) is 5.75 Å². The number of benzene rings is 1. The van der Waals surface area contributed by atoms with E-state index in [0.717, 1.165) is 42.6 Å². The molecule has 0 saturated carbocycles. The summed E-state index contributed by atoms with van der Waals surface area (Å²) in [5, 5.41) is 22.3. The van der Waals surface area contributed by atoms with Gasteiger partial charge in [0.05, 0.1) is 5.60 Å². The number of hydrogen-bond acceptors (Lipinski definition) is 4. The molecular weight excluding hydrogens is 352 g/mol. The molecule has 1 aromatic carbocycles. The first-order chi connectivity index (χ1) is 13.1. The number of primary amides is 1. The van der Waals surface area contributed by atoms with E-state index < -0.39 is 16.9 Å². The Kier molecular flexibility index (Phi) is 6.94. The number of carbonyl (C=O) groups excluding carboxylic acids is 1. The standard InChI is InChI=1S/C23H36N2O3/c1-6-10-23(28)18(5)25(12-9-16(2)3)13-11-22(23,15-21(24)27)20-14-19(26)8-7-17(20)4/h7-8,14,18,26,28H,2,6,9-13,15H2,1,3-5H3,(H2,24,27). The largest absolute Gasteiger partial charge is 0.508 e. The number of hydrogen-bond donors (Lipinski definition) is 3. The second-order valence-corrected chi connectivity index (χ2v) is 8.57. The van der Waals surface area contributed by atoms with Crippen LogP contribution in [0.5, 0.6) is 5.75 Å². The maximum absolute atomic E-state index is 12.2. The zero-order chi connectivity index (χ0) is 21.1. The molecule has 1 aliphatic heterocycles. The number of rotatable bonds is 8. The van der Waals surface area contributed by atoms with E-state index in [-0.39, 0.29) is 18.2 Å². The van der Waals surface area contributed by atoms with E-state index in [2.05, 4.69) is 11.5 Å². The van der Waals surface area contributed by atoms with Crippen molar-refractivity contribution in [1.29, 1.82) is 0 Å².